The number of carbonyl (C=O) groups excluding carboxylic acids is 1. The van der Waals surface area contributed by atoms with Crippen molar-refractivity contribution in [3.05, 3.63) is 58.9 Å². The number of aromatic nitrogens is 2. The monoisotopic (exact) mass is 341 g/mol. The molecule has 0 aliphatic rings. The van der Waals surface area contributed by atoms with E-state index in [1.54, 1.807) is 11.3 Å². The van der Waals surface area contributed by atoms with E-state index in [1.165, 1.54) is 0 Å². The summed E-state index contributed by atoms with van der Waals surface area (Å²) >= 11 is 1.55. The number of hydrogen-bond donors (Lipinski definition) is 1. The summed E-state index contributed by atoms with van der Waals surface area (Å²) in [5.74, 6) is 1.04. The first-order valence-electron chi connectivity index (χ1n) is 7.84. The number of nitrogens with zero attached hydrogens (tertiary/aromatic N) is 2. The highest BCUT2D eigenvalue weighted by atomic mass is 32.1. The Morgan fingerprint density at radius 3 is 2.75 bits per heavy atom. The Morgan fingerprint density at radius 2 is 2.04 bits per heavy atom. The lowest BCUT2D eigenvalue weighted by Crippen LogP contribution is -2.24. The molecule has 0 unspecified atom stereocenters. The molecule has 0 aliphatic carbocycles. The van der Waals surface area contributed by atoms with Gasteiger partial charge in [-0.1, -0.05) is 49.3 Å². The summed E-state index contributed by atoms with van der Waals surface area (Å²) in [6.45, 7) is 4.44. The van der Waals surface area contributed by atoms with E-state index in [1.807, 2.05) is 55.6 Å². The van der Waals surface area contributed by atoms with Crippen molar-refractivity contribution in [2.45, 2.75) is 32.7 Å². The molecule has 1 amide bonds. The van der Waals surface area contributed by atoms with Crippen molar-refractivity contribution in [2.24, 2.45) is 0 Å². The lowest BCUT2D eigenvalue weighted by molar-refractivity contribution is -0.120. The molecule has 124 valence electrons. The zero-order valence-electron chi connectivity index (χ0n) is 13.7. The molecular formula is C18H19N3O2S. The van der Waals surface area contributed by atoms with Gasteiger partial charge >= 0.3 is 0 Å². The lowest BCUT2D eigenvalue weighted by atomic mass is 10.1. The zero-order valence-corrected chi connectivity index (χ0v) is 14.5. The molecule has 3 aromatic rings. The molecule has 3 rings (SSSR count). The fraction of sp³-hybridized carbons (Fsp3) is 0.278. The van der Waals surface area contributed by atoms with Crippen LogP contribution < -0.4 is 5.32 Å². The van der Waals surface area contributed by atoms with Crippen LogP contribution in [-0.2, 0) is 17.8 Å². The zero-order chi connectivity index (χ0) is 16.9. The molecule has 5 nitrogen and oxygen atoms in total. The number of rotatable bonds is 6. The molecular weight excluding hydrogens is 322 g/mol. The van der Waals surface area contributed by atoms with Gasteiger partial charge < -0.3 is 9.84 Å². The Morgan fingerprint density at radius 1 is 1.25 bits per heavy atom. The van der Waals surface area contributed by atoms with Gasteiger partial charge in [0.1, 0.15) is 16.5 Å². The van der Waals surface area contributed by atoms with Crippen LogP contribution in [0.2, 0.25) is 0 Å². The lowest BCUT2D eigenvalue weighted by Gasteiger charge is -2.00. The van der Waals surface area contributed by atoms with E-state index in [2.05, 4.69) is 15.5 Å². The second-order valence-electron chi connectivity index (χ2n) is 5.84. The van der Waals surface area contributed by atoms with Gasteiger partial charge in [-0.25, -0.2) is 4.98 Å². The topological polar surface area (TPSA) is 68.0 Å². The standard InChI is InChI=1S/C18H19N3O2S/c1-12(2)16-8-14(21-23-16)10-19-17(22)9-15-11-24-18(20-15)13-6-4-3-5-7-13/h3-8,11-12H,9-10H2,1-2H3,(H,19,22). The molecule has 0 fully saturated rings. The van der Waals surface area contributed by atoms with E-state index in [0.717, 1.165) is 27.7 Å². The van der Waals surface area contributed by atoms with Gasteiger partial charge in [-0.2, -0.15) is 0 Å². The van der Waals surface area contributed by atoms with Crippen molar-refractivity contribution in [3.8, 4) is 10.6 Å². The van der Waals surface area contributed by atoms with E-state index < -0.39 is 0 Å². The third kappa shape index (κ3) is 4.08. The van der Waals surface area contributed by atoms with Crippen molar-refractivity contribution >= 4 is 17.2 Å². The molecule has 2 heterocycles. The summed E-state index contributed by atoms with van der Waals surface area (Å²) in [5.41, 5.74) is 2.58. The van der Waals surface area contributed by atoms with E-state index in [0.29, 0.717) is 6.54 Å². The van der Waals surface area contributed by atoms with Crippen LogP contribution in [0, 0.1) is 0 Å². The van der Waals surface area contributed by atoms with Gasteiger partial charge in [0, 0.05) is 22.9 Å². The smallest absolute Gasteiger partial charge is 0.226 e. The summed E-state index contributed by atoms with van der Waals surface area (Å²) in [6.07, 6.45) is 0.262. The summed E-state index contributed by atoms with van der Waals surface area (Å²) in [4.78, 5) is 16.6. The van der Waals surface area contributed by atoms with Crippen molar-refractivity contribution in [1.29, 1.82) is 0 Å². The Labute approximate surface area is 144 Å². The number of benzene rings is 1. The van der Waals surface area contributed by atoms with Gasteiger partial charge in [-0.15, -0.1) is 11.3 Å². The molecule has 6 heteroatoms. The van der Waals surface area contributed by atoms with Gasteiger partial charge in [0.25, 0.3) is 0 Å². The molecule has 0 atom stereocenters. The first-order valence-corrected chi connectivity index (χ1v) is 8.72. The first-order chi connectivity index (χ1) is 11.6. The number of hydrogen-bond acceptors (Lipinski definition) is 5. The molecule has 0 bridgehead atoms. The van der Waals surface area contributed by atoms with E-state index in [9.17, 15) is 4.79 Å². The van der Waals surface area contributed by atoms with E-state index >= 15 is 0 Å². The van der Waals surface area contributed by atoms with Crippen molar-refractivity contribution in [1.82, 2.24) is 15.5 Å². The molecule has 0 saturated carbocycles. The normalized spacial score (nSPS) is 11.0. The number of nitrogens with one attached hydrogen (secondary N) is 1. The van der Waals surface area contributed by atoms with Gasteiger partial charge in [0.15, 0.2) is 0 Å². The minimum Gasteiger partial charge on any atom is -0.361 e. The highest BCUT2D eigenvalue weighted by Crippen LogP contribution is 2.23. The highest BCUT2D eigenvalue weighted by molar-refractivity contribution is 7.13. The molecule has 2 aromatic heterocycles. The SMILES string of the molecule is CC(C)c1cc(CNC(=O)Cc2csc(-c3ccccc3)n2)no1. The summed E-state index contributed by atoms with van der Waals surface area (Å²) in [7, 11) is 0. The maximum Gasteiger partial charge on any atom is 0.226 e. The number of thiazole rings is 1. The predicted molar refractivity (Wildman–Crippen MR) is 93.7 cm³/mol. The summed E-state index contributed by atoms with van der Waals surface area (Å²) in [6, 6.07) is 11.8. The van der Waals surface area contributed by atoms with Crippen LogP contribution in [0.4, 0.5) is 0 Å². The van der Waals surface area contributed by atoms with Crippen LogP contribution in [0.15, 0.2) is 46.3 Å². The fourth-order valence-electron chi connectivity index (χ4n) is 2.20. The van der Waals surface area contributed by atoms with Crippen LogP contribution in [0.3, 0.4) is 0 Å². The van der Waals surface area contributed by atoms with Gasteiger partial charge in [0.05, 0.1) is 18.7 Å². The minimum atomic E-state index is -0.0750. The average molecular weight is 341 g/mol. The number of carbonyl (C=O) groups is 1. The first kappa shape index (κ1) is 16.4. The van der Waals surface area contributed by atoms with Crippen molar-refractivity contribution < 1.29 is 9.32 Å². The second kappa shape index (κ2) is 7.40. The highest BCUT2D eigenvalue weighted by Gasteiger charge is 2.11. The molecule has 0 spiro atoms. The van der Waals surface area contributed by atoms with Gasteiger partial charge in [-0.05, 0) is 0 Å². The molecule has 0 radical (unpaired) electrons. The Balaban J connectivity index is 1.54. The third-order valence-electron chi connectivity index (χ3n) is 3.53. The van der Waals surface area contributed by atoms with E-state index in [4.69, 9.17) is 4.52 Å². The summed E-state index contributed by atoms with van der Waals surface area (Å²) in [5, 5.41) is 9.66. The van der Waals surface area contributed by atoms with E-state index in [-0.39, 0.29) is 18.2 Å². The third-order valence-corrected chi connectivity index (χ3v) is 4.47. The van der Waals surface area contributed by atoms with Crippen molar-refractivity contribution in [3.63, 3.8) is 0 Å². The summed E-state index contributed by atoms with van der Waals surface area (Å²) < 4.78 is 5.22. The van der Waals surface area contributed by atoms with Crippen LogP contribution in [-0.4, -0.2) is 16.0 Å². The maximum atomic E-state index is 12.1. The minimum absolute atomic E-state index is 0.0750. The van der Waals surface area contributed by atoms with Crippen LogP contribution in [0.5, 0.6) is 0 Å². The largest absolute Gasteiger partial charge is 0.361 e. The Bertz CT molecular complexity index is 809. The van der Waals surface area contributed by atoms with Crippen LogP contribution in [0.1, 0.15) is 36.9 Å². The van der Waals surface area contributed by atoms with Gasteiger partial charge in [0.2, 0.25) is 5.91 Å². The Hall–Kier alpha value is -2.47. The van der Waals surface area contributed by atoms with Crippen LogP contribution >= 0.6 is 11.3 Å². The fourth-order valence-corrected chi connectivity index (χ4v) is 3.03. The molecule has 0 saturated heterocycles. The quantitative estimate of drug-likeness (QED) is 0.741. The Kier molecular flexibility index (Phi) is 5.05. The second-order valence-corrected chi connectivity index (χ2v) is 6.70. The van der Waals surface area contributed by atoms with Crippen LogP contribution in [0.25, 0.3) is 10.6 Å². The van der Waals surface area contributed by atoms with Crippen molar-refractivity contribution in [2.75, 3.05) is 0 Å². The molecule has 24 heavy (non-hydrogen) atoms. The molecule has 1 aromatic carbocycles. The number of amides is 1. The predicted octanol–water partition coefficient (Wildman–Crippen LogP) is 3.78. The maximum absolute atomic E-state index is 12.1. The molecule has 0 aliphatic heterocycles. The average Bonchev–Trinajstić information content (AvgIpc) is 3.23. The van der Waals surface area contributed by atoms with Gasteiger partial charge in [-0.3, -0.25) is 4.79 Å². The molecule has 1 N–H and O–H groups in total.